The average molecular weight is 345 g/mol. The number of benzene rings is 1. The maximum absolute atomic E-state index is 12.2. The number of fused-ring (bicyclic) bond motifs is 1. The van der Waals surface area contributed by atoms with Crippen molar-refractivity contribution in [3.05, 3.63) is 34.9 Å². The van der Waals surface area contributed by atoms with E-state index in [0.717, 1.165) is 31.5 Å². The molecule has 2 N–H and O–H groups in total. The molecule has 0 amide bonds. The van der Waals surface area contributed by atoms with E-state index in [1.165, 1.54) is 30.4 Å². The van der Waals surface area contributed by atoms with Crippen molar-refractivity contribution in [1.29, 1.82) is 0 Å². The van der Waals surface area contributed by atoms with Gasteiger partial charge in [0.2, 0.25) is 10.0 Å². The molecule has 1 saturated carbocycles. The molecule has 6 heteroatoms. The predicted octanol–water partition coefficient (Wildman–Crippen LogP) is 2.71. The van der Waals surface area contributed by atoms with Gasteiger partial charge in [-0.05, 0) is 35.4 Å². The van der Waals surface area contributed by atoms with Crippen LogP contribution in [-0.4, -0.2) is 14.2 Å². The van der Waals surface area contributed by atoms with Crippen LogP contribution in [0.2, 0.25) is 0 Å². The highest BCUT2D eigenvalue weighted by atomic mass is 35.5. The summed E-state index contributed by atoms with van der Waals surface area (Å²) in [6.45, 7) is 2.21. The van der Waals surface area contributed by atoms with Crippen LogP contribution in [0.4, 0.5) is 0 Å². The fourth-order valence-corrected chi connectivity index (χ4v) is 4.83. The Morgan fingerprint density at radius 1 is 1.09 bits per heavy atom. The summed E-state index contributed by atoms with van der Waals surface area (Å²) in [7, 11) is -3.16. The lowest BCUT2D eigenvalue weighted by atomic mass is 9.91. The standard InChI is InChI=1S/C16H24N2O2S.ClH/c19-21(20,12-13-4-2-1-3-5-13)18-9-14-6-7-15-10-17-11-16(15)8-14;/h6-8,13,17-18H,1-5,9-12H2;1H. The summed E-state index contributed by atoms with van der Waals surface area (Å²) in [4.78, 5) is 0. The summed E-state index contributed by atoms with van der Waals surface area (Å²) < 4.78 is 27.1. The highest BCUT2D eigenvalue weighted by Crippen LogP contribution is 2.24. The van der Waals surface area contributed by atoms with Crippen molar-refractivity contribution in [1.82, 2.24) is 10.0 Å². The van der Waals surface area contributed by atoms with E-state index in [9.17, 15) is 8.42 Å². The minimum Gasteiger partial charge on any atom is -0.309 e. The molecule has 0 unspecified atom stereocenters. The number of halogens is 1. The van der Waals surface area contributed by atoms with E-state index < -0.39 is 10.0 Å². The zero-order chi connectivity index (χ0) is 14.7. The van der Waals surface area contributed by atoms with Gasteiger partial charge in [-0.2, -0.15) is 0 Å². The molecule has 0 saturated heterocycles. The maximum atomic E-state index is 12.2. The second-order valence-corrected chi connectivity index (χ2v) is 8.16. The number of hydrogen-bond donors (Lipinski definition) is 2. The van der Waals surface area contributed by atoms with E-state index in [2.05, 4.69) is 22.2 Å². The van der Waals surface area contributed by atoms with Crippen molar-refractivity contribution >= 4 is 22.4 Å². The Morgan fingerprint density at radius 2 is 1.82 bits per heavy atom. The highest BCUT2D eigenvalue weighted by molar-refractivity contribution is 7.89. The van der Waals surface area contributed by atoms with Gasteiger partial charge in [-0.15, -0.1) is 12.4 Å². The summed E-state index contributed by atoms with van der Waals surface area (Å²) in [6.07, 6.45) is 5.74. The van der Waals surface area contributed by atoms with Gasteiger partial charge in [-0.1, -0.05) is 37.5 Å². The van der Waals surface area contributed by atoms with Gasteiger partial charge in [0.05, 0.1) is 5.75 Å². The highest BCUT2D eigenvalue weighted by Gasteiger charge is 2.21. The third kappa shape index (κ3) is 4.69. The van der Waals surface area contributed by atoms with E-state index in [-0.39, 0.29) is 12.4 Å². The quantitative estimate of drug-likeness (QED) is 0.863. The SMILES string of the molecule is Cl.O=S(=O)(CC1CCCCC1)NCc1ccc2c(c1)CNC2. The molecule has 4 nitrogen and oxygen atoms in total. The minimum absolute atomic E-state index is 0. The number of sulfonamides is 1. The first-order valence-corrected chi connectivity index (χ1v) is 9.56. The molecule has 2 aliphatic rings. The molecule has 1 aliphatic heterocycles. The van der Waals surface area contributed by atoms with Crippen molar-refractivity contribution < 1.29 is 8.42 Å². The molecule has 0 radical (unpaired) electrons. The molecular weight excluding hydrogens is 320 g/mol. The lowest BCUT2D eigenvalue weighted by Gasteiger charge is -2.21. The lowest BCUT2D eigenvalue weighted by molar-refractivity contribution is 0.384. The number of nitrogens with one attached hydrogen (secondary N) is 2. The Kier molecular flexibility index (Phi) is 6.26. The second-order valence-electron chi connectivity index (χ2n) is 6.31. The number of rotatable bonds is 5. The Morgan fingerprint density at radius 3 is 2.59 bits per heavy atom. The molecule has 1 aliphatic carbocycles. The van der Waals surface area contributed by atoms with Gasteiger partial charge in [0.1, 0.15) is 0 Å². The van der Waals surface area contributed by atoms with Gasteiger partial charge in [-0.25, -0.2) is 13.1 Å². The third-order valence-electron chi connectivity index (χ3n) is 4.58. The molecule has 0 aromatic heterocycles. The molecule has 1 heterocycles. The molecule has 1 fully saturated rings. The summed E-state index contributed by atoms with van der Waals surface area (Å²) in [5, 5.41) is 3.30. The van der Waals surface area contributed by atoms with Crippen LogP contribution in [-0.2, 0) is 29.7 Å². The van der Waals surface area contributed by atoms with Crippen molar-refractivity contribution in [2.45, 2.75) is 51.7 Å². The first kappa shape index (κ1) is 17.7. The fourth-order valence-electron chi connectivity index (χ4n) is 3.37. The van der Waals surface area contributed by atoms with Crippen LogP contribution < -0.4 is 10.0 Å². The van der Waals surface area contributed by atoms with Crippen molar-refractivity contribution in [3.8, 4) is 0 Å². The van der Waals surface area contributed by atoms with Crippen LogP contribution in [0.25, 0.3) is 0 Å². The van der Waals surface area contributed by atoms with Crippen molar-refractivity contribution in [2.75, 3.05) is 5.75 Å². The molecule has 124 valence electrons. The topological polar surface area (TPSA) is 58.2 Å². The van der Waals surface area contributed by atoms with Crippen LogP contribution in [0.15, 0.2) is 18.2 Å². The van der Waals surface area contributed by atoms with Crippen LogP contribution >= 0.6 is 12.4 Å². The summed E-state index contributed by atoms with van der Waals surface area (Å²) >= 11 is 0. The largest absolute Gasteiger partial charge is 0.309 e. The summed E-state index contributed by atoms with van der Waals surface area (Å²) in [5.41, 5.74) is 3.66. The fraction of sp³-hybridized carbons (Fsp3) is 0.625. The van der Waals surface area contributed by atoms with Crippen LogP contribution in [0.1, 0.15) is 48.8 Å². The second kappa shape index (κ2) is 7.77. The Bertz CT molecular complexity index is 598. The molecule has 0 spiro atoms. The van der Waals surface area contributed by atoms with Crippen LogP contribution in [0.3, 0.4) is 0 Å². The van der Waals surface area contributed by atoms with Gasteiger partial charge < -0.3 is 5.32 Å². The molecule has 0 bridgehead atoms. The van der Waals surface area contributed by atoms with E-state index in [1.807, 2.05) is 6.07 Å². The average Bonchev–Trinajstić information content (AvgIpc) is 2.93. The van der Waals surface area contributed by atoms with E-state index >= 15 is 0 Å². The minimum atomic E-state index is -3.16. The Balaban J connectivity index is 0.00000176. The van der Waals surface area contributed by atoms with E-state index in [1.54, 1.807) is 0 Å². The van der Waals surface area contributed by atoms with Gasteiger partial charge in [-0.3, -0.25) is 0 Å². The third-order valence-corrected chi connectivity index (χ3v) is 6.07. The zero-order valence-electron chi connectivity index (χ0n) is 12.8. The number of hydrogen-bond acceptors (Lipinski definition) is 3. The first-order chi connectivity index (χ1) is 10.1. The summed E-state index contributed by atoms with van der Waals surface area (Å²) in [6, 6.07) is 6.23. The smallest absolute Gasteiger partial charge is 0.212 e. The van der Waals surface area contributed by atoms with E-state index in [4.69, 9.17) is 0 Å². The van der Waals surface area contributed by atoms with Crippen molar-refractivity contribution in [2.24, 2.45) is 5.92 Å². The normalized spacial score (nSPS) is 18.7. The first-order valence-electron chi connectivity index (χ1n) is 7.91. The molecule has 1 aromatic rings. The van der Waals surface area contributed by atoms with E-state index in [0.29, 0.717) is 18.2 Å². The van der Waals surface area contributed by atoms with Crippen molar-refractivity contribution in [3.63, 3.8) is 0 Å². The summed E-state index contributed by atoms with van der Waals surface area (Å²) in [5.74, 6) is 0.639. The van der Waals surface area contributed by atoms with Crippen LogP contribution in [0, 0.1) is 5.92 Å². The van der Waals surface area contributed by atoms with Gasteiger partial charge in [0.25, 0.3) is 0 Å². The Hall–Kier alpha value is -0.620. The molecular formula is C16H25ClN2O2S. The lowest BCUT2D eigenvalue weighted by Crippen LogP contribution is -2.30. The van der Waals surface area contributed by atoms with Gasteiger partial charge >= 0.3 is 0 Å². The molecule has 22 heavy (non-hydrogen) atoms. The molecule has 3 rings (SSSR count). The monoisotopic (exact) mass is 344 g/mol. The predicted molar refractivity (Wildman–Crippen MR) is 91.4 cm³/mol. The zero-order valence-corrected chi connectivity index (χ0v) is 14.4. The van der Waals surface area contributed by atoms with Crippen LogP contribution in [0.5, 0.6) is 0 Å². The van der Waals surface area contributed by atoms with Gasteiger partial charge in [0.15, 0.2) is 0 Å². The maximum Gasteiger partial charge on any atom is 0.212 e. The molecule has 1 aromatic carbocycles. The Labute approximate surface area is 139 Å². The molecule has 0 atom stereocenters. The van der Waals surface area contributed by atoms with Gasteiger partial charge in [0, 0.05) is 19.6 Å².